The van der Waals surface area contributed by atoms with Crippen LogP contribution in [0.3, 0.4) is 0 Å². The Hall–Kier alpha value is -2.87. The summed E-state index contributed by atoms with van der Waals surface area (Å²) in [5.41, 5.74) is 8.86. The van der Waals surface area contributed by atoms with Crippen molar-refractivity contribution < 1.29 is 0 Å². The molecule has 5 heteroatoms. The second-order valence-electron chi connectivity index (χ2n) is 4.26. The molecule has 5 nitrogen and oxygen atoms in total. The predicted molar refractivity (Wildman–Crippen MR) is 72.2 cm³/mol. The van der Waals surface area contributed by atoms with Gasteiger partial charge in [-0.25, -0.2) is 0 Å². The number of nitrogen functional groups attached to an aromatic ring is 1. The third kappa shape index (κ3) is 2.00. The highest BCUT2D eigenvalue weighted by atomic mass is 15.0. The van der Waals surface area contributed by atoms with Crippen molar-refractivity contribution in [2.75, 3.05) is 5.73 Å². The Kier molecular flexibility index (Phi) is 2.62. The molecular formula is C14H11N5. The quantitative estimate of drug-likeness (QED) is 0.704. The first kappa shape index (κ1) is 11.2. The molecule has 0 radical (unpaired) electrons. The van der Waals surface area contributed by atoms with Gasteiger partial charge in [0.2, 0.25) is 0 Å². The third-order valence-corrected chi connectivity index (χ3v) is 2.97. The normalized spacial score (nSPS) is 10.5. The van der Waals surface area contributed by atoms with Gasteiger partial charge in [0.05, 0.1) is 24.0 Å². The number of rotatable bonds is 2. The molecule has 3 rings (SSSR count). The number of fused-ring (bicyclic) bond motifs is 1. The molecule has 0 bridgehead atoms. The first-order valence-corrected chi connectivity index (χ1v) is 5.81. The molecule has 0 aliphatic heterocycles. The van der Waals surface area contributed by atoms with Crippen molar-refractivity contribution >= 4 is 16.6 Å². The summed E-state index contributed by atoms with van der Waals surface area (Å²) in [6.45, 7) is 0.579. The summed E-state index contributed by atoms with van der Waals surface area (Å²) >= 11 is 0. The first-order valence-electron chi connectivity index (χ1n) is 5.81. The van der Waals surface area contributed by atoms with Crippen LogP contribution in [-0.2, 0) is 6.54 Å². The van der Waals surface area contributed by atoms with Gasteiger partial charge in [-0.1, -0.05) is 0 Å². The lowest BCUT2D eigenvalue weighted by atomic mass is 10.2. The van der Waals surface area contributed by atoms with E-state index >= 15 is 0 Å². The number of aromatic nitrogens is 3. The van der Waals surface area contributed by atoms with Crippen LogP contribution in [0.25, 0.3) is 10.9 Å². The predicted octanol–water partition coefficient (Wildman–Crippen LogP) is 1.93. The van der Waals surface area contributed by atoms with Gasteiger partial charge in [0.1, 0.15) is 6.07 Å². The van der Waals surface area contributed by atoms with E-state index in [0.717, 1.165) is 16.6 Å². The SMILES string of the molecule is N#Cc1cn(Cc2cnccn2)c2ccc(N)cc12. The van der Waals surface area contributed by atoms with Gasteiger partial charge < -0.3 is 10.3 Å². The van der Waals surface area contributed by atoms with Gasteiger partial charge in [0, 0.05) is 35.2 Å². The minimum Gasteiger partial charge on any atom is -0.399 e. The fraction of sp³-hybridized carbons (Fsp3) is 0.0714. The lowest BCUT2D eigenvalue weighted by molar-refractivity contribution is 0.799. The van der Waals surface area contributed by atoms with E-state index in [2.05, 4.69) is 16.0 Å². The van der Waals surface area contributed by atoms with Crippen molar-refractivity contribution in [1.82, 2.24) is 14.5 Å². The number of nitrogens with two attached hydrogens (primary N) is 1. The maximum atomic E-state index is 9.17. The number of hydrogen-bond acceptors (Lipinski definition) is 4. The maximum absolute atomic E-state index is 9.17. The zero-order valence-corrected chi connectivity index (χ0v) is 10.1. The Bertz CT molecular complexity index is 768. The fourth-order valence-corrected chi connectivity index (χ4v) is 2.12. The molecule has 0 saturated heterocycles. The average Bonchev–Trinajstić information content (AvgIpc) is 2.77. The van der Waals surface area contributed by atoms with Crippen LogP contribution in [0.2, 0.25) is 0 Å². The molecule has 2 aromatic heterocycles. The minimum absolute atomic E-state index is 0.579. The topological polar surface area (TPSA) is 80.5 Å². The molecule has 1 aromatic carbocycles. The average molecular weight is 249 g/mol. The number of benzene rings is 1. The molecule has 0 unspecified atom stereocenters. The van der Waals surface area contributed by atoms with Crippen LogP contribution in [0, 0.1) is 11.3 Å². The molecule has 0 amide bonds. The smallest absolute Gasteiger partial charge is 0.101 e. The Morgan fingerprint density at radius 2 is 2.21 bits per heavy atom. The van der Waals surface area contributed by atoms with Crippen LogP contribution < -0.4 is 5.73 Å². The Morgan fingerprint density at radius 3 is 2.95 bits per heavy atom. The van der Waals surface area contributed by atoms with Gasteiger partial charge in [-0.15, -0.1) is 0 Å². The standard InChI is InChI=1S/C14H11N5/c15-6-10-8-19(9-12-7-17-3-4-18-12)14-2-1-11(16)5-13(10)14/h1-5,7-8H,9,16H2. The molecule has 0 aliphatic carbocycles. The molecule has 0 atom stereocenters. The van der Waals surface area contributed by atoms with E-state index in [0.29, 0.717) is 17.8 Å². The summed E-state index contributed by atoms with van der Waals surface area (Å²) < 4.78 is 1.98. The highest BCUT2D eigenvalue weighted by Gasteiger charge is 2.09. The van der Waals surface area contributed by atoms with Crippen LogP contribution in [0.4, 0.5) is 5.69 Å². The molecule has 19 heavy (non-hydrogen) atoms. The molecule has 92 valence electrons. The van der Waals surface area contributed by atoms with Crippen molar-refractivity contribution in [3.05, 3.63) is 54.2 Å². The van der Waals surface area contributed by atoms with Crippen molar-refractivity contribution in [2.24, 2.45) is 0 Å². The van der Waals surface area contributed by atoms with Gasteiger partial charge in [-0.05, 0) is 18.2 Å². The number of anilines is 1. The lowest BCUT2D eigenvalue weighted by Crippen LogP contribution is -2.00. The van der Waals surface area contributed by atoms with E-state index in [1.165, 1.54) is 0 Å². The van der Waals surface area contributed by atoms with Crippen LogP contribution in [-0.4, -0.2) is 14.5 Å². The van der Waals surface area contributed by atoms with Crippen molar-refractivity contribution in [2.45, 2.75) is 6.54 Å². The van der Waals surface area contributed by atoms with E-state index in [-0.39, 0.29) is 0 Å². The highest BCUT2D eigenvalue weighted by molar-refractivity contribution is 5.89. The lowest BCUT2D eigenvalue weighted by Gasteiger charge is -2.04. The van der Waals surface area contributed by atoms with Crippen molar-refractivity contribution in [1.29, 1.82) is 5.26 Å². The van der Waals surface area contributed by atoms with Gasteiger partial charge in [-0.3, -0.25) is 9.97 Å². The molecule has 0 aliphatic rings. The van der Waals surface area contributed by atoms with E-state index < -0.39 is 0 Å². The van der Waals surface area contributed by atoms with E-state index in [1.54, 1.807) is 18.6 Å². The summed E-state index contributed by atoms with van der Waals surface area (Å²) in [6, 6.07) is 7.76. The third-order valence-electron chi connectivity index (χ3n) is 2.97. The Balaban J connectivity index is 2.12. The highest BCUT2D eigenvalue weighted by Crippen LogP contribution is 2.23. The summed E-state index contributed by atoms with van der Waals surface area (Å²) in [4.78, 5) is 8.28. The fourth-order valence-electron chi connectivity index (χ4n) is 2.12. The van der Waals surface area contributed by atoms with Crippen LogP contribution in [0.5, 0.6) is 0 Å². The second kappa shape index (κ2) is 4.42. The summed E-state index contributed by atoms with van der Waals surface area (Å²) in [6.07, 6.45) is 6.83. The van der Waals surface area contributed by atoms with Crippen LogP contribution in [0.1, 0.15) is 11.3 Å². The maximum Gasteiger partial charge on any atom is 0.101 e. The Morgan fingerprint density at radius 1 is 1.32 bits per heavy atom. The second-order valence-corrected chi connectivity index (χ2v) is 4.26. The van der Waals surface area contributed by atoms with Crippen molar-refractivity contribution in [3.8, 4) is 6.07 Å². The first-order chi connectivity index (χ1) is 9.28. The van der Waals surface area contributed by atoms with Gasteiger partial charge in [-0.2, -0.15) is 5.26 Å². The summed E-state index contributed by atoms with van der Waals surface area (Å²) in [5.74, 6) is 0. The Labute approximate surface area is 109 Å². The number of nitrogens with zero attached hydrogens (tertiary/aromatic N) is 4. The largest absolute Gasteiger partial charge is 0.399 e. The molecule has 2 N–H and O–H groups in total. The van der Waals surface area contributed by atoms with Crippen molar-refractivity contribution in [3.63, 3.8) is 0 Å². The van der Waals surface area contributed by atoms with E-state index in [4.69, 9.17) is 5.73 Å². The molecule has 2 heterocycles. The van der Waals surface area contributed by atoms with E-state index in [9.17, 15) is 5.26 Å². The zero-order chi connectivity index (χ0) is 13.2. The van der Waals surface area contributed by atoms with Crippen LogP contribution >= 0.6 is 0 Å². The number of nitriles is 1. The molecule has 0 saturated carbocycles. The van der Waals surface area contributed by atoms with Gasteiger partial charge in [0.25, 0.3) is 0 Å². The van der Waals surface area contributed by atoms with E-state index in [1.807, 2.05) is 29.0 Å². The molecule has 0 spiro atoms. The molecule has 3 aromatic rings. The van der Waals surface area contributed by atoms with Gasteiger partial charge in [0.15, 0.2) is 0 Å². The number of hydrogen-bond donors (Lipinski definition) is 1. The summed E-state index contributed by atoms with van der Waals surface area (Å²) in [5, 5.41) is 10.0. The van der Waals surface area contributed by atoms with Crippen LogP contribution in [0.15, 0.2) is 43.0 Å². The minimum atomic E-state index is 0.579. The molecular weight excluding hydrogens is 238 g/mol. The summed E-state index contributed by atoms with van der Waals surface area (Å²) in [7, 11) is 0. The molecule has 0 fully saturated rings. The van der Waals surface area contributed by atoms with Gasteiger partial charge >= 0.3 is 0 Å². The monoisotopic (exact) mass is 249 g/mol. The zero-order valence-electron chi connectivity index (χ0n) is 10.1.